The molecule has 0 heterocycles. The molecule has 1 aromatic carbocycles. The van der Waals surface area contributed by atoms with E-state index in [1.54, 1.807) is 43.4 Å². The number of nitrogens with zero attached hydrogens (tertiary/aromatic N) is 1. The van der Waals surface area contributed by atoms with Crippen LogP contribution in [0.5, 0.6) is 11.5 Å². The third kappa shape index (κ3) is 13.3. The number of thiocarbonyl (C=S) groups is 1. The average Bonchev–Trinajstić information content (AvgIpc) is 2.88. The van der Waals surface area contributed by atoms with E-state index < -0.39 is 17.3 Å². The Balaban J connectivity index is 2.60. The second kappa shape index (κ2) is 18.8. The fourth-order valence-electron chi connectivity index (χ4n) is 4.24. The first-order valence-corrected chi connectivity index (χ1v) is 15.8. The molecule has 5 nitrogen and oxygen atoms in total. The van der Waals surface area contributed by atoms with Crippen LogP contribution in [0.4, 0.5) is 0 Å². The van der Waals surface area contributed by atoms with Crippen LogP contribution in [0, 0.1) is 22.7 Å². The number of ether oxygens (including phenoxy) is 1. The molecule has 0 aliphatic rings. The predicted octanol–water partition coefficient (Wildman–Crippen LogP) is 8.58. The predicted molar refractivity (Wildman–Crippen MR) is 161 cm³/mol. The van der Waals surface area contributed by atoms with E-state index in [2.05, 4.69) is 13.0 Å². The van der Waals surface area contributed by atoms with E-state index >= 15 is 0 Å². The topological polar surface area (TPSA) is 90.6 Å². The number of hydrogen-bond acceptors (Lipinski definition) is 8. The van der Waals surface area contributed by atoms with Gasteiger partial charge in [0.1, 0.15) is 3.53 Å². The number of hydrogen-bond donors (Lipinski definition) is 2. The number of esters is 1. The lowest BCUT2D eigenvalue weighted by Gasteiger charge is -2.29. The van der Waals surface area contributed by atoms with Crippen molar-refractivity contribution in [2.75, 3.05) is 18.6 Å². The van der Waals surface area contributed by atoms with Gasteiger partial charge in [0.05, 0.1) is 24.5 Å². The normalized spacial score (nSPS) is 13.1. The van der Waals surface area contributed by atoms with Crippen molar-refractivity contribution in [1.29, 1.82) is 5.26 Å². The summed E-state index contributed by atoms with van der Waals surface area (Å²) in [5, 5.41) is 29.5. The highest BCUT2D eigenvalue weighted by atomic mass is 32.2. The lowest BCUT2D eigenvalue weighted by molar-refractivity contribution is -0.148. The minimum atomic E-state index is -0.917. The summed E-state index contributed by atoms with van der Waals surface area (Å²) in [7, 11) is 1.33. The number of phenolic OH excluding ortho intramolecular Hbond substituents is 2. The Morgan fingerprint density at radius 3 is 2.16 bits per heavy atom. The smallest absolute Gasteiger partial charge is 0.310 e. The van der Waals surface area contributed by atoms with Crippen LogP contribution in [0.3, 0.4) is 0 Å². The van der Waals surface area contributed by atoms with Gasteiger partial charge in [0, 0.05) is 5.75 Å². The Hall–Kier alpha value is -1.43. The van der Waals surface area contributed by atoms with Crippen molar-refractivity contribution in [2.45, 2.75) is 97.3 Å². The van der Waals surface area contributed by atoms with Gasteiger partial charge in [-0.15, -0.1) is 23.5 Å². The number of benzene rings is 1. The Kier molecular flexibility index (Phi) is 17.0. The molecule has 0 aromatic heterocycles. The van der Waals surface area contributed by atoms with Crippen LogP contribution in [0.15, 0.2) is 18.2 Å². The summed E-state index contributed by atoms with van der Waals surface area (Å²) in [6, 6.07) is 6.95. The number of carbonyl (C=O) groups is 1. The Bertz CT molecular complexity index is 869. The summed E-state index contributed by atoms with van der Waals surface area (Å²) in [5.74, 6) is -0.0369. The zero-order chi connectivity index (χ0) is 27.7. The second-order valence-electron chi connectivity index (χ2n) is 10.2. The van der Waals surface area contributed by atoms with E-state index in [0.29, 0.717) is 12.2 Å². The highest BCUT2D eigenvalue weighted by Gasteiger charge is 2.38. The molecule has 8 heteroatoms. The molecular weight excluding hydrogens is 523 g/mol. The van der Waals surface area contributed by atoms with Crippen LogP contribution >= 0.6 is 35.7 Å². The molecule has 0 saturated carbocycles. The van der Waals surface area contributed by atoms with E-state index in [-0.39, 0.29) is 17.4 Å². The van der Waals surface area contributed by atoms with Crippen molar-refractivity contribution in [3.05, 3.63) is 23.8 Å². The SMILES string of the molecule is CCCCCCCCCCCCSC(=S)SCC(CC(C(=O)OC)C(C)(C)C#N)c1ccc(O)c(O)c1. The number of carbonyl (C=O) groups excluding carboxylic acids is 1. The van der Waals surface area contributed by atoms with E-state index in [1.165, 1.54) is 77.0 Å². The van der Waals surface area contributed by atoms with E-state index in [0.717, 1.165) is 21.3 Å². The van der Waals surface area contributed by atoms with Crippen LogP contribution < -0.4 is 0 Å². The Morgan fingerprint density at radius 2 is 1.62 bits per heavy atom. The second-order valence-corrected chi connectivity index (χ2v) is 13.5. The molecule has 0 saturated heterocycles. The molecule has 0 amide bonds. The number of aromatic hydroxyl groups is 2. The number of nitriles is 1. The van der Waals surface area contributed by atoms with Gasteiger partial charge in [-0.1, -0.05) is 83.0 Å². The van der Waals surface area contributed by atoms with Gasteiger partial charge in [0.2, 0.25) is 0 Å². The molecule has 2 unspecified atom stereocenters. The highest BCUT2D eigenvalue weighted by molar-refractivity contribution is 8.47. The first-order chi connectivity index (χ1) is 17.7. The van der Waals surface area contributed by atoms with Crippen molar-refractivity contribution in [3.63, 3.8) is 0 Å². The number of thioether (sulfide) groups is 2. The molecular formula is C29H45NO4S3. The molecule has 0 aliphatic heterocycles. The minimum absolute atomic E-state index is 0.163. The minimum Gasteiger partial charge on any atom is -0.504 e. The maximum Gasteiger partial charge on any atom is 0.310 e. The molecule has 0 spiro atoms. The fourth-order valence-corrected chi connectivity index (χ4v) is 6.66. The van der Waals surface area contributed by atoms with Crippen LogP contribution in [-0.4, -0.2) is 38.3 Å². The third-order valence-corrected chi connectivity index (χ3v) is 9.70. The highest BCUT2D eigenvalue weighted by Crippen LogP contribution is 2.39. The molecule has 37 heavy (non-hydrogen) atoms. The Labute approximate surface area is 238 Å². The lowest BCUT2D eigenvalue weighted by atomic mass is 9.74. The summed E-state index contributed by atoms with van der Waals surface area (Å²) in [6.07, 6.45) is 13.4. The molecule has 0 radical (unpaired) electrons. The maximum absolute atomic E-state index is 12.6. The molecule has 1 rings (SSSR count). The summed E-state index contributed by atoms with van der Waals surface area (Å²) >= 11 is 8.88. The zero-order valence-corrected chi connectivity index (χ0v) is 25.4. The van der Waals surface area contributed by atoms with Crippen molar-refractivity contribution >= 4 is 45.2 Å². The van der Waals surface area contributed by atoms with Crippen LogP contribution in [0.1, 0.15) is 103 Å². The molecule has 2 N–H and O–H groups in total. The first-order valence-electron chi connectivity index (χ1n) is 13.5. The molecule has 0 bridgehead atoms. The third-order valence-electron chi connectivity index (χ3n) is 6.76. The maximum atomic E-state index is 12.6. The average molecular weight is 568 g/mol. The van der Waals surface area contributed by atoms with Crippen molar-refractivity contribution in [2.24, 2.45) is 11.3 Å². The Morgan fingerprint density at radius 1 is 1.03 bits per heavy atom. The van der Waals surface area contributed by atoms with Gasteiger partial charge in [0.15, 0.2) is 11.5 Å². The van der Waals surface area contributed by atoms with Gasteiger partial charge in [-0.25, -0.2) is 0 Å². The van der Waals surface area contributed by atoms with Crippen molar-refractivity contribution < 1.29 is 19.7 Å². The largest absolute Gasteiger partial charge is 0.504 e. The lowest BCUT2D eigenvalue weighted by Crippen LogP contribution is -2.32. The van der Waals surface area contributed by atoms with Gasteiger partial charge >= 0.3 is 5.97 Å². The van der Waals surface area contributed by atoms with Gasteiger partial charge in [-0.3, -0.25) is 4.79 Å². The standard InChI is InChI=1S/C29H45NO4S3/c1-5-6-7-8-9-10-11-12-13-14-17-36-28(35)37-20-23(22-15-16-25(31)26(32)19-22)18-24(27(33)34-4)29(2,3)21-30/h15-16,19,23-24,31-32H,5-14,17-18,20H2,1-4H3. The van der Waals surface area contributed by atoms with Gasteiger partial charge in [-0.05, 0) is 56.1 Å². The van der Waals surface area contributed by atoms with Crippen LogP contribution in [-0.2, 0) is 9.53 Å². The molecule has 208 valence electrons. The van der Waals surface area contributed by atoms with Crippen molar-refractivity contribution in [3.8, 4) is 17.6 Å². The van der Waals surface area contributed by atoms with Crippen LogP contribution in [0.25, 0.3) is 0 Å². The summed E-state index contributed by atoms with van der Waals surface area (Å²) in [4.78, 5) is 12.6. The van der Waals surface area contributed by atoms with E-state index in [1.807, 2.05) is 0 Å². The van der Waals surface area contributed by atoms with Gasteiger partial charge < -0.3 is 14.9 Å². The molecule has 1 aromatic rings. The quantitative estimate of drug-likeness (QED) is 0.0789. The van der Waals surface area contributed by atoms with E-state index in [4.69, 9.17) is 17.0 Å². The van der Waals surface area contributed by atoms with Gasteiger partial charge in [-0.2, -0.15) is 5.26 Å². The zero-order valence-electron chi connectivity index (χ0n) is 23.0. The molecule has 0 aliphatic carbocycles. The van der Waals surface area contributed by atoms with Crippen molar-refractivity contribution in [1.82, 2.24) is 0 Å². The first kappa shape index (κ1) is 33.6. The fraction of sp³-hybridized carbons (Fsp3) is 0.690. The summed E-state index contributed by atoms with van der Waals surface area (Å²) in [6.45, 7) is 5.72. The van der Waals surface area contributed by atoms with Crippen LogP contribution in [0.2, 0.25) is 0 Å². The van der Waals surface area contributed by atoms with E-state index in [9.17, 15) is 20.3 Å². The number of phenols is 2. The monoisotopic (exact) mass is 567 g/mol. The molecule has 0 fully saturated rings. The number of rotatable bonds is 18. The number of methoxy groups -OCH3 is 1. The van der Waals surface area contributed by atoms with Gasteiger partial charge in [0.25, 0.3) is 0 Å². The molecule has 2 atom stereocenters. The summed E-state index contributed by atoms with van der Waals surface area (Å²) < 4.78 is 5.87. The summed E-state index contributed by atoms with van der Waals surface area (Å²) in [5.41, 5.74) is -0.132. The number of unbranched alkanes of at least 4 members (excludes halogenated alkanes) is 9.